The van der Waals surface area contributed by atoms with Crippen LogP contribution in [-0.4, -0.2) is 24.9 Å². The fourth-order valence-corrected chi connectivity index (χ4v) is 3.26. The average molecular weight is 261 g/mol. The van der Waals surface area contributed by atoms with Crippen molar-refractivity contribution in [3.05, 3.63) is 29.3 Å². The Morgan fingerprint density at radius 1 is 1.37 bits per heavy atom. The maximum atomic E-state index is 9.87. The minimum Gasteiger partial charge on any atom is -0.508 e. The van der Waals surface area contributed by atoms with E-state index in [4.69, 9.17) is 4.74 Å². The first kappa shape index (κ1) is 12.9. The van der Waals surface area contributed by atoms with E-state index in [1.807, 2.05) is 6.07 Å². The third kappa shape index (κ3) is 2.63. The smallest absolute Gasteiger partial charge is 0.119 e. The highest BCUT2D eigenvalue weighted by Gasteiger charge is 2.30. The highest BCUT2D eigenvalue weighted by molar-refractivity contribution is 5.44. The van der Waals surface area contributed by atoms with Crippen molar-refractivity contribution in [2.24, 2.45) is 5.41 Å². The minimum atomic E-state index is 0.359. The van der Waals surface area contributed by atoms with Gasteiger partial charge in [-0.3, -0.25) is 0 Å². The number of ether oxygens (including phenoxy) is 1. The van der Waals surface area contributed by atoms with Crippen molar-refractivity contribution in [3.63, 3.8) is 0 Å². The maximum Gasteiger partial charge on any atom is 0.119 e. The van der Waals surface area contributed by atoms with Gasteiger partial charge in [0.25, 0.3) is 0 Å². The number of phenolic OH excluding ortho intramolecular Hbond substituents is 1. The Morgan fingerprint density at radius 2 is 2.16 bits per heavy atom. The molecule has 3 rings (SSSR count). The van der Waals surface area contributed by atoms with Gasteiger partial charge in [0.2, 0.25) is 0 Å². The molecule has 1 saturated heterocycles. The standard InChI is InChI=1S/C16H23NO2/c1-16(7-9-19-10-8-16)11-17-14-6-5-13-12(14)3-2-4-15(13)18/h2-4,14,17-18H,5-11H2,1H3. The number of nitrogens with one attached hydrogen (secondary N) is 1. The van der Waals surface area contributed by atoms with Crippen molar-refractivity contribution < 1.29 is 9.84 Å². The fraction of sp³-hybridized carbons (Fsp3) is 0.625. The van der Waals surface area contributed by atoms with Crippen LogP contribution in [0.1, 0.15) is 43.4 Å². The molecule has 1 fully saturated rings. The molecule has 0 radical (unpaired) electrons. The lowest BCUT2D eigenvalue weighted by Crippen LogP contribution is -2.37. The van der Waals surface area contributed by atoms with E-state index in [1.165, 1.54) is 5.56 Å². The molecule has 1 unspecified atom stereocenters. The topological polar surface area (TPSA) is 41.5 Å². The Morgan fingerprint density at radius 3 is 2.95 bits per heavy atom. The summed E-state index contributed by atoms with van der Waals surface area (Å²) in [6.45, 7) is 5.16. The van der Waals surface area contributed by atoms with Crippen molar-refractivity contribution in [1.29, 1.82) is 0 Å². The molecule has 1 atom stereocenters. The molecular weight excluding hydrogens is 238 g/mol. The van der Waals surface area contributed by atoms with Crippen LogP contribution in [0.3, 0.4) is 0 Å². The monoisotopic (exact) mass is 261 g/mol. The Bertz CT molecular complexity index is 452. The number of fused-ring (bicyclic) bond motifs is 1. The molecule has 0 aromatic heterocycles. The summed E-state index contributed by atoms with van der Waals surface area (Å²) in [5.41, 5.74) is 2.78. The molecule has 3 nitrogen and oxygen atoms in total. The van der Waals surface area contributed by atoms with E-state index in [9.17, 15) is 5.11 Å². The zero-order chi connectivity index (χ0) is 13.3. The molecule has 0 saturated carbocycles. The number of rotatable bonds is 3. The molecule has 0 amide bonds. The SMILES string of the molecule is CC1(CNC2CCc3c(O)cccc32)CCOCC1. The van der Waals surface area contributed by atoms with E-state index >= 15 is 0 Å². The van der Waals surface area contributed by atoms with Gasteiger partial charge in [0.15, 0.2) is 0 Å². The summed E-state index contributed by atoms with van der Waals surface area (Å²) < 4.78 is 5.45. The largest absolute Gasteiger partial charge is 0.508 e. The summed E-state index contributed by atoms with van der Waals surface area (Å²) in [5, 5.41) is 13.6. The van der Waals surface area contributed by atoms with E-state index in [1.54, 1.807) is 6.07 Å². The van der Waals surface area contributed by atoms with Gasteiger partial charge in [0.05, 0.1) is 0 Å². The predicted octanol–water partition coefficient (Wildman–Crippen LogP) is 2.79. The molecule has 0 spiro atoms. The number of hydrogen-bond acceptors (Lipinski definition) is 3. The van der Waals surface area contributed by atoms with Crippen LogP contribution in [0.2, 0.25) is 0 Å². The number of phenols is 1. The quantitative estimate of drug-likeness (QED) is 0.879. The molecule has 1 aliphatic carbocycles. The molecule has 19 heavy (non-hydrogen) atoms. The Kier molecular flexibility index (Phi) is 3.50. The average Bonchev–Trinajstić information content (AvgIpc) is 2.82. The normalized spacial score (nSPS) is 25.2. The van der Waals surface area contributed by atoms with E-state index in [2.05, 4.69) is 18.3 Å². The second-order valence-corrected chi connectivity index (χ2v) is 6.24. The lowest BCUT2D eigenvalue weighted by molar-refractivity contribution is 0.0229. The van der Waals surface area contributed by atoms with Crippen LogP contribution in [0.4, 0.5) is 0 Å². The van der Waals surface area contributed by atoms with Crippen molar-refractivity contribution in [2.45, 2.75) is 38.6 Å². The molecule has 2 aliphatic rings. The van der Waals surface area contributed by atoms with Gasteiger partial charge in [-0.2, -0.15) is 0 Å². The van der Waals surface area contributed by atoms with Crippen molar-refractivity contribution in [2.75, 3.05) is 19.8 Å². The predicted molar refractivity (Wildman–Crippen MR) is 75.3 cm³/mol. The van der Waals surface area contributed by atoms with Gasteiger partial charge in [-0.1, -0.05) is 19.1 Å². The zero-order valence-corrected chi connectivity index (χ0v) is 11.6. The second kappa shape index (κ2) is 5.14. The first-order valence-electron chi connectivity index (χ1n) is 7.30. The molecule has 1 heterocycles. The summed E-state index contributed by atoms with van der Waals surface area (Å²) in [7, 11) is 0. The summed E-state index contributed by atoms with van der Waals surface area (Å²) in [6.07, 6.45) is 4.36. The number of aromatic hydroxyl groups is 1. The molecular formula is C16H23NO2. The maximum absolute atomic E-state index is 9.87. The number of hydrogen-bond donors (Lipinski definition) is 2. The minimum absolute atomic E-state index is 0.359. The van der Waals surface area contributed by atoms with Gasteiger partial charge < -0.3 is 15.2 Å². The molecule has 2 N–H and O–H groups in total. The third-order valence-corrected chi connectivity index (χ3v) is 4.72. The highest BCUT2D eigenvalue weighted by Crippen LogP contribution is 2.37. The zero-order valence-electron chi connectivity index (χ0n) is 11.6. The van der Waals surface area contributed by atoms with E-state index in [-0.39, 0.29) is 0 Å². The van der Waals surface area contributed by atoms with Crippen LogP contribution in [0.15, 0.2) is 18.2 Å². The lowest BCUT2D eigenvalue weighted by Gasteiger charge is -2.34. The van der Waals surface area contributed by atoms with E-state index in [0.29, 0.717) is 17.2 Å². The second-order valence-electron chi connectivity index (χ2n) is 6.24. The summed E-state index contributed by atoms with van der Waals surface area (Å²) in [4.78, 5) is 0. The molecule has 1 aliphatic heterocycles. The summed E-state index contributed by atoms with van der Waals surface area (Å²) in [5.74, 6) is 0.457. The Labute approximate surface area is 115 Å². The Balaban J connectivity index is 1.65. The van der Waals surface area contributed by atoms with Gasteiger partial charge in [0.1, 0.15) is 5.75 Å². The third-order valence-electron chi connectivity index (χ3n) is 4.72. The van der Waals surface area contributed by atoms with Gasteiger partial charge >= 0.3 is 0 Å². The van der Waals surface area contributed by atoms with Gasteiger partial charge in [-0.25, -0.2) is 0 Å². The van der Waals surface area contributed by atoms with Crippen molar-refractivity contribution in [1.82, 2.24) is 5.32 Å². The Hall–Kier alpha value is -1.06. The molecule has 3 heteroatoms. The first-order valence-corrected chi connectivity index (χ1v) is 7.30. The van der Waals surface area contributed by atoms with Crippen molar-refractivity contribution in [3.8, 4) is 5.75 Å². The van der Waals surface area contributed by atoms with Crippen molar-refractivity contribution >= 4 is 0 Å². The highest BCUT2D eigenvalue weighted by atomic mass is 16.5. The fourth-order valence-electron chi connectivity index (χ4n) is 3.26. The van der Waals surface area contributed by atoms with Crippen LogP contribution >= 0.6 is 0 Å². The summed E-state index contributed by atoms with van der Waals surface area (Å²) >= 11 is 0. The lowest BCUT2D eigenvalue weighted by atomic mass is 9.82. The molecule has 104 valence electrons. The first-order chi connectivity index (χ1) is 9.18. The van der Waals surface area contributed by atoms with E-state index in [0.717, 1.165) is 51.0 Å². The van der Waals surface area contributed by atoms with Crippen LogP contribution in [0.5, 0.6) is 5.75 Å². The molecule has 0 bridgehead atoms. The number of benzene rings is 1. The van der Waals surface area contributed by atoms with Crippen LogP contribution < -0.4 is 5.32 Å². The van der Waals surface area contributed by atoms with Gasteiger partial charge in [-0.05, 0) is 48.3 Å². The van der Waals surface area contributed by atoms with Crippen LogP contribution in [0, 0.1) is 5.41 Å². The summed E-state index contributed by atoms with van der Waals surface area (Å²) in [6, 6.07) is 6.29. The van der Waals surface area contributed by atoms with Gasteiger partial charge in [-0.15, -0.1) is 0 Å². The van der Waals surface area contributed by atoms with E-state index < -0.39 is 0 Å². The molecule has 1 aromatic carbocycles. The van der Waals surface area contributed by atoms with Crippen LogP contribution in [0.25, 0.3) is 0 Å². The van der Waals surface area contributed by atoms with Gasteiger partial charge in [0, 0.05) is 25.8 Å². The van der Waals surface area contributed by atoms with Crippen LogP contribution in [-0.2, 0) is 11.2 Å². The molecule has 1 aromatic rings.